The summed E-state index contributed by atoms with van der Waals surface area (Å²) in [6.45, 7) is 3.67. The third-order valence-electron chi connectivity index (χ3n) is 6.96. The van der Waals surface area contributed by atoms with E-state index in [0.717, 1.165) is 43.6 Å². The number of carbonyl (C=O) groups excluding carboxylic acids is 1. The van der Waals surface area contributed by atoms with Gasteiger partial charge < -0.3 is 9.88 Å². The van der Waals surface area contributed by atoms with Crippen LogP contribution in [0.1, 0.15) is 36.0 Å². The molecule has 1 aliphatic heterocycles. The van der Waals surface area contributed by atoms with Crippen molar-refractivity contribution in [1.82, 2.24) is 14.8 Å². The summed E-state index contributed by atoms with van der Waals surface area (Å²) in [6.07, 6.45) is 5.32. The molecular weight excluding hydrogens is 437 g/mol. The van der Waals surface area contributed by atoms with Gasteiger partial charge in [-0.3, -0.25) is 9.69 Å². The van der Waals surface area contributed by atoms with E-state index in [1.165, 1.54) is 28.6 Å². The molecule has 1 aromatic heterocycles. The summed E-state index contributed by atoms with van der Waals surface area (Å²) < 4.78 is 15.5. The van der Waals surface area contributed by atoms with E-state index in [4.69, 9.17) is 0 Å². The Labute approximate surface area is 206 Å². The van der Waals surface area contributed by atoms with Crippen molar-refractivity contribution >= 4 is 16.8 Å². The maximum absolute atomic E-state index is 13.3. The van der Waals surface area contributed by atoms with E-state index in [-0.39, 0.29) is 17.8 Å². The zero-order valence-corrected chi connectivity index (χ0v) is 20.0. The molecule has 0 saturated carbocycles. The van der Waals surface area contributed by atoms with Crippen molar-refractivity contribution < 1.29 is 9.18 Å². The number of aryl methyl sites for hydroxylation is 1. The van der Waals surface area contributed by atoms with Gasteiger partial charge in [-0.2, -0.15) is 0 Å². The average molecular weight is 470 g/mol. The van der Waals surface area contributed by atoms with Crippen LogP contribution in [0.3, 0.4) is 0 Å². The number of amides is 1. The molecule has 0 unspecified atom stereocenters. The van der Waals surface area contributed by atoms with Crippen LogP contribution in [0.15, 0.2) is 85.1 Å². The van der Waals surface area contributed by atoms with Crippen molar-refractivity contribution in [3.63, 3.8) is 0 Å². The molecule has 0 bridgehead atoms. The fourth-order valence-electron chi connectivity index (χ4n) is 5.06. The highest BCUT2D eigenvalue weighted by Gasteiger charge is 2.21. The Hall–Kier alpha value is -3.44. The van der Waals surface area contributed by atoms with E-state index in [0.29, 0.717) is 19.4 Å². The lowest BCUT2D eigenvalue weighted by molar-refractivity contribution is -0.122. The number of nitrogens with zero attached hydrogens (tertiary/aromatic N) is 2. The van der Waals surface area contributed by atoms with Crippen LogP contribution < -0.4 is 5.32 Å². The Balaban J connectivity index is 1.15. The topological polar surface area (TPSA) is 37.3 Å². The minimum atomic E-state index is -0.223. The predicted molar refractivity (Wildman–Crippen MR) is 139 cm³/mol. The Morgan fingerprint density at radius 1 is 0.857 bits per heavy atom. The van der Waals surface area contributed by atoms with Gasteiger partial charge in [0.15, 0.2) is 0 Å². The maximum Gasteiger partial charge on any atom is 0.220 e. The number of carbonyl (C=O) groups is 1. The lowest BCUT2D eigenvalue weighted by Crippen LogP contribution is -2.44. The second-order valence-corrected chi connectivity index (χ2v) is 9.53. The zero-order chi connectivity index (χ0) is 24.0. The lowest BCUT2D eigenvalue weighted by atomic mass is 10.0. The molecule has 0 spiro atoms. The van der Waals surface area contributed by atoms with Gasteiger partial charge in [-0.1, -0.05) is 60.7 Å². The number of hydrogen-bond donors (Lipinski definition) is 1. The summed E-state index contributed by atoms with van der Waals surface area (Å²) in [5.41, 5.74) is 4.71. The standard InChI is InChI=1S/C30H32FN3O/c31-26-13-10-24(11-14-26)21-34-22-25(28-8-4-5-9-29(28)34)12-15-30(35)32-27-16-18-33(19-17-27)20-23-6-2-1-3-7-23/h1-11,13-14,22,27H,12,15-21H2,(H,32,35). The summed E-state index contributed by atoms with van der Waals surface area (Å²) >= 11 is 0. The van der Waals surface area contributed by atoms with E-state index in [2.05, 4.69) is 63.4 Å². The largest absolute Gasteiger partial charge is 0.353 e. The Morgan fingerprint density at radius 3 is 2.31 bits per heavy atom. The normalized spacial score (nSPS) is 14.9. The maximum atomic E-state index is 13.3. The molecule has 5 heteroatoms. The summed E-state index contributed by atoms with van der Waals surface area (Å²) in [4.78, 5) is 15.2. The number of halogens is 1. The molecule has 3 aromatic carbocycles. The van der Waals surface area contributed by atoms with Crippen molar-refractivity contribution in [2.24, 2.45) is 0 Å². The van der Waals surface area contributed by atoms with Gasteiger partial charge in [-0.05, 0) is 54.2 Å². The average Bonchev–Trinajstić information content (AvgIpc) is 3.23. The molecule has 180 valence electrons. The highest BCUT2D eigenvalue weighted by Crippen LogP contribution is 2.24. The van der Waals surface area contributed by atoms with Gasteiger partial charge in [0.2, 0.25) is 5.91 Å². The summed E-state index contributed by atoms with van der Waals surface area (Å²) in [6, 6.07) is 25.8. The van der Waals surface area contributed by atoms with Gasteiger partial charge in [0.1, 0.15) is 5.82 Å². The molecule has 1 saturated heterocycles. The van der Waals surface area contributed by atoms with Gasteiger partial charge in [0, 0.05) is 55.7 Å². The molecule has 2 heterocycles. The van der Waals surface area contributed by atoms with Crippen LogP contribution in [-0.2, 0) is 24.3 Å². The first-order chi connectivity index (χ1) is 17.1. The van der Waals surface area contributed by atoms with Crippen LogP contribution in [0.25, 0.3) is 10.9 Å². The highest BCUT2D eigenvalue weighted by atomic mass is 19.1. The monoisotopic (exact) mass is 469 g/mol. The minimum Gasteiger partial charge on any atom is -0.353 e. The van der Waals surface area contributed by atoms with Crippen LogP contribution in [0.2, 0.25) is 0 Å². The van der Waals surface area contributed by atoms with Crippen molar-refractivity contribution in [2.45, 2.75) is 44.8 Å². The number of aromatic nitrogens is 1. The number of piperidine rings is 1. The summed E-state index contributed by atoms with van der Waals surface area (Å²) in [5, 5.41) is 4.44. The summed E-state index contributed by atoms with van der Waals surface area (Å²) in [7, 11) is 0. The van der Waals surface area contributed by atoms with Crippen molar-refractivity contribution in [1.29, 1.82) is 0 Å². The van der Waals surface area contributed by atoms with Gasteiger partial charge in [-0.25, -0.2) is 4.39 Å². The van der Waals surface area contributed by atoms with Gasteiger partial charge in [0.05, 0.1) is 0 Å². The Kier molecular flexibility index (Phi) is 7.24. The molecule has 0 atom stereocenters. The first kappa shape index (κ1) is 23.3. The van der Waals surface area contributed by atoms with Crippen LogP contribution in [0.4, 0.5) is 4.39 Å². The number of nitrogens with one attached hydrogen (secondary N) is 1. The van der Waals surface area contributed by atoms with Gasteiger partial charge in [0.25, 0.3) is 0 Å². The lowest BCUT2D eigenvalue weighted by Gasteiger charge is -2.32. The molecule has 1 N–H and O–H groups in total. The van der Waals surface area contributed by atoms with Crippen LogP contribution in [0, 0.1) is 5.82 Å². The second-order valence-electron chi connectivity index (χ2n) is 9.53. The molecule has 1 aliphatic rings. The molecule has 0 aliphatic carbocycles. The van der Waals surface area contributed by atoms with Crippen LogP contribution in [-0.4, -0.2) is 34.5 Å². The SMILES string of the molecule is O=C(CCc1cn(Cc2ccc(F)cc2)c2ccccc12)NC1CCN(Cc2ccccc2)CC1. The number of likely N-dealkylation sites (tertiary alicyclic amines) is 1. The summed E-state index contributed by atoms with van der Waals surface area (Å²) in [5.74, 6) is -0.0958. The fourth-order valence-corrected chi connectivity index (χ4v) is 5.06. The van der Waals surface area contributed by atoms with Crippen molar-refractivity contribution in [3.8, 4) is 0 Å². The second kappa shape index (κ2) is 10.9. The molecular formula is C30H32FN3O. The fraction of sp³-hybridized carbons (Fsp3) is 0.300. The minimum absolute atomic E-state index is 0.127. The van der Waals surface area contributed by atoms with Gasteiger partial charge in [-0.15, -0.1) is 0 Å². The van der Waals surface area contributed by atoms with Gasteiger partial charge >= 0.3 is 0 Å². The van der Waals surface area contributed by atoms with E-state index in [1.54, 1.807) is 0 Å². The number of hydrogen-bond acceptors (Lipinski definition) is 2. The number of para-hydroxylation sites is 1. The molecule has 1 fully saturated rings. The van der Waals surface area contributed by atoms with E-state index in [1.807, 2.05) is 24.3 Å². The van der Waals surface area contributed by atoms with Crippen LogP contribution >= 0.6 is 0 Å². The van der Waals surface area contributed by atoms with Crippen LogP contribution in [0.5, 0.6) is 0 Å². The molecule has 4 aromatic rings. The van der Waals surface area contributed by atoms with E-state index >= 15 is 0 Å². The molecule has 5 rings (SSSR count). The molecule has 0 radical (unpaired) electrons. The quantitative estimate of drug-likeness (QED) is 0.368. The third-order valence-corrected chi connectivity index (χ3v) is 6.96. The molecule has 4 nitrogen and oxygen atoms in total. The zero-order valence-electron chi connectivity index (χ0n) is 20.0. The molecule has 1 amide bonds. The first-order valence-corrected chi connectivity index (χ1v) is 12.5. The number of rotatable bonds is 8. The van der Waals surface area contributed by atoms with E-state index < -0.39 is 0 Å². The van der Waals surface area contributed by atoms with Crippen molar-refractivity contribution in [2.75, 3.05) is 13.1 Å². The number of benzene rings is 3. The first-order valence-electron chi connectivity index (χ1n) is 12.5. The van der Waals surface area contributed by atoms with Crippen molar-refractivity contribution in [3.05, 3.63) is 108 Å². The number of fused-ring (bicyclic) bond motifs is 1. The Morgan fingerprint density at radius 2 is 1.54 bits per heavy atom. The Bertz CT molecular complexity index is 1260. The highest BCUT2D eigenvalue weighted by molar-refractivity contribution is 5.85. The smallest absolute Gasteiger partial charge is 0.220 e. The third kappa shape index (κ3) is 5.98. The molecule has 35 heavy (non-hydrogen) atoms. The van der Waals surface area contributed by atoms with E-state index in [9.17, 15) is 9.18 Å². The predicted octanol–water partition coefficient (Wildman–Crippen LogP) is 5.54.